The predicted molar refractivity (Wildman–Crippen MR) is 65.6 cm³/mol. The molecule has 0 spiro atoms. The molecule has 0 radical (unpaired) electrons. The monoisotopic (exact) mass is 271 g/mol. The second-order valence-corrected chi connectivity index (χ2v) is 4.26. The van der Waals surface area contributed by atoms with E-state index in [1.54, 1.807) is 19.2 Å². The molecule has 5 heteroatoms. The summed E-state index contributed by atoms with van der Waals surface area (Å²) < 4.78 is 32.3. The summed E-state index contributed by atoms with van der Waals surface area (Å²) in [6.45, 7) is 0. The quantitative estimate of drug-likeness (QED) is 0.917. The summed E-state index contributed by atoms with van der Waals surface area (Å²) in [5.74, 6) is -0.578. The number of likely N-dealkylation sites (N-methyl/N-ethyl adjacent to an activating group) is 1. The molecule has 1 aromatic heterocycles. The average molecular weight is 272 g/mol. The van der Waals surface area contributed by atoms with E-state index in [1.165, 1.54) is 18.2 Å². The van der Waals surface area contributed by atoms with Crippen LogP contribution in [0.15, 0.2) is 34.7 Å². The number of furan rings is 1. The number of benzene rings is 1. The third-order valence-electron chi connectivity index (χ3n) is 2.76. The van der Waals surface area contributed by atoms with Gasteiger partial charge in [-0.05, 0) is 42.9 Å². The van der Waals surface area contributed by atoms with Crippen molar-refractivity contribution in [2.24, 2.45) is 0 Å². The minimum Gasteiger partial charge on any atom is -0.448 e. The van der Waals surface area contributed by atoms with Crippen LogP contribution in [0, 0.1) is 11.6 Å². The van der Waals surface area contributed by atoms with Gasteiger partial charge in [-0.3, -0.25) is 0 Å². The highest BCUT2D eigenvalue weighted by Crippen LogP contribution is 2.25. The van der Waals surface area contributed by atoms with Crippen LogP contribution in [0.25, 0.3) is 0 Å². The second kappa shape index (κ2) is 5.50. The molecule has 1 heterocycles. The number of halogens is 3. The minimum absolute atomic E-state index is 0.0318. The van der Waals surface area contributed by atoms with Crippen molar-refractivity contribution in [2.45, 2.75) is 12.5 Å². The van der Waals surface area contributed by atoms with E-state index < -0.39 is 11.6 Å². The van der Waals surface area contributed by atoms with Gasteiger partial charge in [-0.15, -0.1) is 0 Å². The Morgan fingerprint density at radius 2 is 1.89 bits per heavy atom. The Kier molecular flexibility index (Phi) is 3.99. The number of rotatable bonds is 4. The van der Waals surface area contributed by atoms with Crippen molar-refractivity contribution in [3.05, 3.63) is 58.5 Å². The lowest BCUT2D eigenvalue weighted by Crippen LogP contribution is -2.19. The lowest BCUT2D eigenvalue weighted by Gasteiger charge is -2.14. The lowest BCUT2D eigenvalue weighted by atomic mass is 10.0. The molecule has 0 saturated heterocycles. The van der Waals surface area contributed by atoms with Gasteiger partial charge in [0.2, 0.25) is 0 Å². The highest BCUT2D eigenvalue weighted by atomic mass is 35.5. The fraction of sp³-hybridized carbons (Fsp3) is 0.231. The van der Waals surface area contributed by atoms with E-state index in [4.69, 9.17) is 16.0 Å². The number of hydrogen-bond acceptors (Lipinski definition) is 2. The van der Waals surface area contributed by atoms with Crippen molar-refractivity contribution in [3.63, 3.8) is 0 Å². The van der Waals surface area contributed by atoms with E-state index in [1.807, 2.05) is 0 Å². The molecule has 2 nitrogen and oxygen atoms in total. The summed E-state index contributed by atoms with van der Waals surface area (Å²) in [5, 5.41) is 3.20. The molecular formula is C13H12ClF2NO. The standard InChI is InChI=1S/C13H12ClF2NO/c1-17-11(12-5-6-13(14)18-12)7-8-9(15)3-2-4-10(8)16/h2-6,11,17H,7H2,1H3. The number of hydrogen-bond donors (Lipinski definition) is 1. The predicted octanol–water partition coefficient (Wildman–Crippen LogP) is 3.71. The molecule has 0 saturated carbocycles. The first kappa shape index (κ1) is 13.1. The normalized spacial score (nSPS) is 12.7. The first-order valence-electron chi connectivity index (χ1n) is 5.47. The highest BCUT2D eigenvalue weighted by Gasteiger charge is 2.18. The molecule has 96 valence electrons. The van der Waals surface area contributed by atoms with Crippen molar-refractivity contribution >= 4 is 11.6 Å². The van der Waals surface area contributed by atoms with Gasteiger partial charge in [0.05, 0.1) is 6.04 Å². The molecule has 0 fully saturated rings. The first-order valence-corrected chi connectivity index (χ1v) is 5.85. The van der Waals surface area contributed by atoms with Gasteiger partial charge in [0.25, 0.3) is 0 Å². The van der Waals surface area contributed by atoms with E-state index in [-0.39, 0.29) is 23.2 Å². The zero-order valence-electron chi connectivity index (χ0n) is 9.71. The van der Waals surface area contributed by atoms with Crippen LogP contribution in [0.3, 0.4) is 0 Å². The minimum atomic E-state index is -0.562. The van der Waals surface area contributed by atoms with Crippen LogP contribution in [0.5, 0.6) is 0 Å². The molecule has 18 heavy (non-hydrogen) atoms. The summed E-state index contributed by atoms with van der Waals surface area (Å²) in [6, 6.07) is 6.76. The summed E-state index contributed by atoms with van der Waals surface area (Å²) >= 11 is 5.68. The van der Waals surface area contributed by atoms with Gasteiger partial charge in [0.1, 0.15) is 17.4 Å². The fourth-order valence-electron chi connectivity index (χ4n) is 1.79. The molecule has 1 aromatic carbocycles. The van der Waals surface area contributed by atoms with E-state index in [2.05, 4.69) is 5.32 Å². The van der Waals surface area contributed by atoms with Gasteiger partial charge >= 0.3 is 0 Å². The zero-order valence-corrected chi connectivity index (χ0v) is 10.5. The van der Waals surface area contributed by atoms with Crippen LogP contribution in [-0.4, -0.2) is 7.05 Å². The fourth-order valence-corrected chi connectivity index (χ4v) is 1.94. The third kappa shape index (κ3) is 2.71. The van der Waals surface area contributed by atoms with Crippen molar-refractivity contribution < 1.29 is 13.2 Å². The molecular weight excluding hydrogens is 260 g/mol. The molecule has 0 aliphatic carbocycles. The molecule has 2 aromatic rings. The van der Waals surface area contributed by atoms with Gasteiger partial charge in [-0.2, -0.15) is 0 Å². The molecule has 1 N–H and O–H groups in total. The largest absolute Gasteiger partial charge is 0.448 e. The maximum atomic E-state index is 13.5. The molecule has 0 aliphatic heterocycles. The molecule has 0 aliphatic rings. The molecule has 0 bridgehead atoms. The maximum Gasteiger partial charge on any atom is 0.193 e. The number of nitrogens with one attached hydrogen (secondary N) is 1. The Labute approximate surface area is 109 Å². The van der Waals surface area contributed by atoms with Crippen LogP contribution in [0.2, 0.25) is 5.22 Å². The lowest BCUT2D eigenvalue weighted by molar-refractivity contribution is 0.420. The zero-order chi connectivity index (χ0) is 13.1. The summed E-state index contributed by atoms with van der Waals surface area (Å²) in [6.07, 6.45) is 0.152. The molecule has 2 rings (SSSR count). The van der Waals surface area contributed by atoms with Crippen molar-refractivity contribution in [1.29, 1.82) is 0 Å². The van der Waals surface area contributed by atoms with E-state index >= 15 is 0 Å². The van der Waals surface area contributed by atoms with E-state index in [9.17, 15) is 8.78 Å². The van der Waals surface area contributed by atoms with Crippen LogP contribution in [0.1, 0.15) is 17.4 Å². The SMILES string of the molecule is CNC(Cc1c(F)cccc1F)c1ccc(Cl)o1. The van der Waals surface area contributed by atoms with Gasteiger partial charge in [0.15, 0.2) is 5.22 Å². The topological polar surface area (TPSA) is 25.2 Å². The van der Waals surface area contributed by atoms with Crippen LogP contribution in [0.4, 0.5) is 8.78 Å². The second-order valence-electron chi connectivity index (χ2n) is 3.89. The van der Waals surface area contributed by atoms with Crippen molar-refractivity contribution in [3.8, 4) is 0 Å². The van der Waals surface area contributed by atoms with Crippen LogP contribution in [-0.2, 0) is 6.42 Å². The molecule has 0 amide bonds. The first-order chi connectivity index (χ1) is 8.61. The van der Waals surface area contributed by atoms with Gasteiger partial charge < -0.3 is 9.73 Å². The Balaban J connectivity index is 2.26. The van der Waals surface area contributed by atoms with Crippen LogP contribution < -0.4 is 5.32 Å². The van der Waals surface area contributed by atoms with E-state index in [0.29, 0.717) is 5.76 Å². The summed E-state index contributed by atoms with van der Waals surface area (Å²) in [4.78, 5) is 0. The van der Waals surface area contributed by atoms with Gasteiger partial charge in [-0.25, -0.2) is 8.78 Å². The average Bonchev–Trinajstić information content (AvgIpc) is 2.76. The van der Waals surface area contributed by atoms with E-state index in [0.717, 1.165) is 0 Å². The Morgan fingerprint density at radius 3 is 2.39 bits per heavy atom. The van der Waals surface area contributed by atoms with Gasteiger partial charge in [0, 0.05) is 12.0 Å². The smallest absolute Gasteiger partial charge is 0.193 e. The Bertz CT molecular complexity index is 521. The maximum absolute atomic E-state index is 13.5. The molecule has 1 atom stereocenters. The van der Waals surface area contributed by atoms with Crippen molar-refractivity contribution in [1.82, 2.24) is 5.32 Å². The summed E-state index contributed by atoms with van der Waals surface area (Å²) in [5.41, 5.74) is 0.0318. The third-order valence-corrected chi connectivity index (χ3v) is 2.96. The molecule has 1 unspecified atom stereocenters. The Hall–Kier alpha value is -1.39. The summed E-state index contributed by atoms with van der Waals surface area (Å²) in [7, 11) is 1.69. The van der Waals surface area contributed by atoms with Crippen molar-refractivity contribution in [2.75, 3.05) is 7.05 Å². The van der Waals surface area contributed by atoms with Crippen LogP contribution >= 0.6 is 11.6 Å². The highest BCUT2D eigenvalue weighted by molar-refractivity contribution is 6.28. The van der Waals surface area contributed by atoms with Gasteiger partial charge in [-0.1, -0.05) is 6.07 Å². The Morgan fingerprint density at radius 1 is 1.22 bits per heavy atom.